The van der Waals surface area contributed by atoms with Gasteiger partial charge in [0.2, 0.25) is 0 Å². The van der Waals surface area contributed by atoms with Gasteiger partial charge in [-0.05, 0) is 0 Å². The second kappa shape index (κ2) is 48.9. The van der Waals surface area contributed by atoms with E-state index in [1.54, 1.807) is 0 Å². The van der Waals surface area contributed by atoms with Crippen molar-refractivity contribution in [1.29, 1.82) is 0 Å². The van der Waals surface area contributed by atoms with Crippen LogP contribution >= 0.6 is 0 Å². The van der Waals surface area contributed by atoms with E-state index in [0.717, 1.165) is 0 Å². The Hall–Kier alpha value is 1.52. The summed E-state index contributed by atoms with van der Waals surface area (Å²) < 4.78 is 0. The van der Waals surface area contributed by atoms with Crippen LogP contribution in [0.2, 0.25) is 0 Å². The maximum absolute atomic E-state index is 0. The van der Waals surface area contributed by atoms with Crippen molar-refractivity contribution in [2.45, 2.75) is 0 Å². The van der Waals surface area contributed by atoms with Gasteiger partial charge in [0.25, 0.3) is 0 Å². The van der Waals surface area contributed by atoms with Gasteiger partial charge in [0.05, 0.1) is 0 Å². The normalized spacial score (nSPS) is 0. The third-order valence-corrected chi connectivity index (χ3v) is 0. The molecule has 0 bridgehead atoms. The molecule has 0 N–H and O–H groups in total. The molecule has 0 aliphatic heterocycles. The minimum atomic E-state index is 0. The first kappa shape index (κ1) is 86.1. The van der Waals surface area contributed by atoms with Gasteiger partial charge in [-0.15, -0.1) is 0 Å². The Bertz CT molecular complexity index is 6.85. The minimum absolute atomic E-state index is 0. The van der Waals surface area contributed by atoms with Crippen LogP contribution in [0.25, 0.3) is 0 Å². The Labute approximate surface area is 63.7 Å². The van der Waals surface area contributed by atoms with Crippen molar-refractivity contribution < 1.29 is 63.8 Å². The number of halogens is 3. The fourth-order valence-corrected chi connectivity index (χ4v) is 0. The Kier molecular flexibility index (Phi) is 842. The van der Waals surface area contributed by atoms with Crippen LogP contribution in [-0.2, 0) is 26.5 Å². The molecule has 0 radical (unpaired) electrons. The van der Waals surface area contributed by atoms with Crippen LogP contribution in [0.5, 0.6) is 0 Å². The zero-order valence-electron chi connectivity index (χ0n) is 1.95. The van der Waals surface area contributed by atoms with Gasteiger partial charge in [-0.2, -0.15) is 0 Å². The summed E-state index contributed by atoms with van der Waals surface area (Å²) in [6.07, 6.45) is 0. The summed E-state index contributed by atoms with van der Waals surface area (Å²) in [5, 5.41) is 0. The van der Waals surface area contributed by atoms with Crippen LogP contribution < -0.4 is 37.2 Å². The fraction of sp³-hybridized carbons (Fsp3) is 0. The molecule has 0 saturated heterocycles. The topological polar surface area (TPSA) is 28.5 Å². The molecule has 5 heavy (non-hydrogen) atoms. The van der Waals surface area contributed by atoms with Crippen LogP contribution in [0.4, 0.5) is 0 Å². The van der Waals surface area contributed by atoms with Crippen molar-refractivity contribution in [3.8, 4) is 0 Å². The van der Waals surface area contributed by atoms with Crippen LogP contribution in [0, 0.1) is 0 Å². The maximum Gasteiger partial charge on any atom is 0 e. The molecule has 38 valence electrons. The van der Waals surface area contributed by atoms with E-state index in [0.29, 0.717) is 0 Å². The average molecular weight is 218 g/mol. The van der Waals surface area contributed by atoms with Gasteiger partial charge in [0.15, 0.2) is 0 Å². The van der Waals surface area contributed by atoms with Crippen LogP contribution in [0.15, 0.2) is 0 Å². The van der Waals surface area contributed by atoms with Gasteiger partial charge in [0.1, 0.15) is 0 Å². The monoisotopic (exact) mass is 219 g/mol. The van der Waals surface area contributed by atoms with Crippen molar-refractivity contribution >= 4 is 0 Å². The van der Waals surface area contributed by atoms with E-state index in [4.69, 9.17) is 0 Å². The molecular formula is Cl3MoO-5. The summed E-state index contributed by atoms with van der Waals surface area (Å²) in [5.41, 5.74) is 0. The first-order valence-electron chi connectivity index (χ1n) is 0. The number of rotatable bonds is 0. The fourth-order valence-electron chi connectivity index (χ4n) is 0. The van der Waals surface area contributed by atoms with Crippen molar-refractivity contribution in [3.05, 3.63) is 0 Å². The van der Waals surface area contributed by atoms with Gasteiger partial charge in [0, 0.05) is 21.1 Å². The molecule has 0 heterocycles. The molecule has 0 aliphatic carbocycles. The molecule has 0 aliphatic rings. The van der Waals surface area contributed by atoms with Crippen molar-refractivity contribution in [2.24, 2.45) is 0 Å². The minimum Gasteiger partial charge on any atom is -2.00 e. The Balaban J connectivity index is 0. The molecule has 0 aromatic heterocycles. The van der Waals surface area contributed by atoms with E-state index in [2.05, 4.69) is 0 Å². The zero-order valence-corrected chi connectivity index (χ0v) is 6.23. The summed E-state index contributed by atoms with van der Waals surface area (Å²) in [4.78, 5) is 0. The molecule has 0 amide bonds. The van der Waals surface area contributed by atoms with E-state index in [1.165, 1.54) is 0 Å². The number of hydrogen-bond donors (Lipinski definition) is 0. The maximum atomic E-state index is 0. The molecule has 0 saturated carbocycles. The predicted molar refractivity (Wildman–Crippen MR) is 0.686 cm³/mol. The Morgan fingerprint density at radius 1 is 0.600 bits per heavy atom. The van der Waals surface area contributed by atoms with Crippen molar-refractivity contribution in [1.82, 2.24) is 0 Å². The molecule has 0 atom stereocenters. The Morgan fingerprint density at radius 2 is 0.600 bits per heavy atom. The van der Waals surface area contributed by atoms with Crippen LogP contribution in [0.1, 0.15) is 0 Å². The van der Waals surface area contributed by atoms with E-state index >= 15 is 0 Å². The summed E-state index contributed by atoms with van der Waals surface area (Å²) in [7, 11) is 0. The summed E-state index contributed by atoms with van der Waals surface area (Å²) >= 11 is 0. The van der Waals surface area contributed by atoms with Crippen LogP contribution in [0.3, 0.4) is 0 Å². The molecule has 5 heteroatoms. The summed E-state index contributed by atoms with van der Waals surface area (Å²) in [5.74, 6) is 0. The quantitative estimate of drug-likeness (QED) is 0.361. The van der Waals surface area contributed by atoms with Crippen molar-refractivity contribution in [3.63, 3.8) is 0 Å². The Morgan fingerprint density at radius 3 is 0.600 bits per heavy atom. The molecule has 1 nitrogen and oxygen atoms in total. The van der Waals surface area contributed by atoms with Gasteiger partial charge < -0.3 is 42.7 Å². The smallest absolute Gasteiger partial charge is 0 e. The van der Waals surface area contributed by atoms with Gasteiger partial charge in [-0.3, -0.25) is 0 Å². The second-order valence-corrected chi connectivity index (χ2v) is 0. The summed E-state index contributed by atoms with van der Waals surface area (Å²) in [6.45, 7) is 0. The average Bonchev–Trinajstić information content (AvgIpc) is 0. The van der Waals surface area contributed by atoms with Crippen molar-refractivity contribution in [2.75, 3.05) is 0 Å². The zero-order chi connectivity index (χ0) is 0. The van der Waals surface area contributed by atoms with E-state index in [1.807, 2.05) is 0 Å². The molecular weight excluding hydrogens is 218 g/mol. The summed E-state index contributed by atoms with van der Waals surface area (Å²) in [6, 6.07) is 0. The third kappa shape index (κ3) is 29.6. The van der Waals surface area contributed by atoms with Gasteiger partial charge >= 0.3 is 0 Å². The van der Waals surface area contributed by atoms with Crippen LogP contribution in [-0.4, -0.2) is 0 Å². The molecule has 0 unspecified atom stereocenters. The first-order chi connectivity index (χ1) is 0. The van der Waals surface area contributed by atoms with Gasteiger partial charge in [-0.25, -0.2) is 0 Å². The molecule has 0 aromatic rings. The van der Waals surface area contributed by atoms with E-state index < -0.39 is 0 Å². The second-order valence-electron chi connectivity index (χ2n) is 0. The molecule has 0 spiro atoms. The largest absolute Gasteiger partial charge is 2.00 e. The molecule has 0 fully saturated rings. The number of hydrogen-bond acceptors (Lipinski definition) is 0. The third-order valence-electron chi connectivity index (χ3n) is 0. The predicted octanol–water partition coefficient (Wildman–Crippen LogP) is -9.11. The van der Waals surface area contributed by atoms with E-state index in [-0.39, 0.29) is 63.8 Å². The molecule has 0 aromatic carbocycles. The first-order valence-corrected chi connectivity index (χ1v) is 0. The standard InChI is InChI=1S/3ClH.Mo.O/h3*1H;;/q;;;;-2/p-3. The SMILES string of the molecule is [Cl-].[Cl-].[Cl-].[Mo].[O-2]. The van der Waals surface area contributed by atoms with E-state index in [9.17, 15) is 0 Å². The molecule has 0 rings (SSSR count). The van der Waals surface area contributed by atoms with Gasteiger partial charge in [-0.1, -0.05) is 0 Å².